The minimum absolute atomic E-state index is 0.123. The van der Waals surface area contributed by atoms with Gasteiger partial charge in [-0.05, 0) is 68.0 Å². The van der Waals surface area contributed by atoms with Gasteiger partial charge in [0.2, 0.25) is 11.0 Å². The van der Waals surface area contributed by atoms with Crippen molar-refractivity contribution < 1.29 is 17.6 Å². The zero-order chi connectivity index (χ0) is 24.3. The van der Waals surface area contributed by atoms with Gasteiger partial charge in [0.15, 0.2) is 5.76 Å². The molecular weight excluding hydrogens is 466 g/mol. The molecule has 2 saturated heterocycles. The molecule has 2 fully saturated rings. The summed E-state index contributed by atoms with van der Waals surface area (Å²) in [5.41, 5.74) is 2.86. The van der Waals surface area contributed by atoms with E-state index in [1.54, 1.807) is 18.3 Å². The zero-order valence-corrected chi connectivity index (χ0v) is 20.5. The first-order valence-electron chi connectivity index (χ1n) is 12.2. The number of sulfonamides is 1. The number of anilines is 1. The maximum absolute atomic E-state index is 13.2. The van der Waals surface area contributed by atoms with Crippen molar-refractivity contribution in [3.05, 3.63) is 54.2 Å². The van der Waals surface area contributed by atoms with Gasteiger partial charge in [-0.3, -0.25) is 9.89 Å². The van der Waals surface area contributed by atoms with E-state index in [1.807, 2.05) is 0 Å². The van der Waals surface area contributed by atoms with Gasteiger partial charge < -0.3 is 14.6 Å². The molecule has 1 aromatic carbocycles. The Morgan fingerprint density at radius 3 is 2.57 bits per heavy atom. The SMILES string of the molecule is O=C(NCc1ccc(N2CCCCC2)cc1)C1CCCN(S(=O)(=O)c2ccc(-c3ccn[nH]3)o2)C1. The van der Waals surface area contributed by atoms with Gasteiger partial charge in [0, 0.05) is 44.6 Å². The van der Waals surface area contributed by atoms with Crippen molar-refractivity contribution >= 4 is 21.6 Å². The van der Waals surface area contributed by atoms with Crippen molar-refractivity contribution in [3.63, 3.8) is 0 Å². The summed E-state index contributed by atoms with van der Waals surface area (Å²) < 4.78 is 33.2. The number of H-pyrrole nitrogens is 1. The van der Waals surface area contributed by atoms with Crippen molar-refractivity contribution in [1.82, 2.24) is 19.8 Å². The predicted molar refractivity (Wildman–Crippen MR) is 132 cm³/mol. The van der Waals surface area contributed by atoms with Crippen LogP contribution in [0.15, 0.2) is 58.2 Å². The van der Waals surface area contributed by atoms with E-state index in [1.165, 1.54) is 35.3 Å². The third kappa shape index (κ3) is 5.28. The Hall–Kier alpha value is -3.11. The fourth-order valence-electron chi connectivity index (χ4n) is 4.81. The summed E-state index contributed by atoms with van der Waals surface area (Å²) >= 11 is 0. The van der Waals surface area contributed by atoms with E-state index in [4.69, 9.17) is 4.42 Å². The number of hydrogen-bond acceptors (Lipinski definition) is 6. The van der Waals surface area contributed by atoms with Crippen LogP contribution in [0.4, 0.5) is 5.69 Å². The maximum atomic E-state index is 13.2. The number of aromatic amines is 1. The summed E-state index contributed by atoms with van der Waals surface area (Å²) in [6.45, 7) is 3.12. The molecule has 3 aromatic rings. The third-order valence-electron chi connectivity index (χ3n) is 6.82. The minimum Gasteiger partial charge on any atom is -0.442 e. The highest BCUT2D eigenvalue weighted by Gasteiger charge is 2.35. The summed E-state index contributed by atoms with van der Waals surface area (Å²) in [6, 6.07) is 13.1. The molecule has 2 N–H and O–H groups in total. The molecule has 0 bridgehead atoms. The third-order valence-corrected chi connectivity index (χ3v) is 8.56. The number of hydrogen-bond donors (Lipinski definition) is 2. The number of benzene rings is 1. The van der Waals surface area contributed by atoms with Gasteiger partial charge in [0.25, 0.3) is 10.0 Å². The normalized spacial score (nSPS) is 19.5. The van der Waals surface area contributed by atoms with Crippen LogP contribution < -0.4 is 10.2 Å². The number of amides is 1. The quantitative estimate of drug-likeness (QED) is 0.518. The molecule has 2 aromatic heterocycles. The minimum atomic E-state index is -3.83. The fourth-order valence-corrected chi connectivity index (χ4v) is 6.24. The molecule has 186 valence electrons. The van der Waals surface area contributed by atoms with E-state index < -0.39 is 15.9 Å². The highest BCUT2D eigenvalue weighted by Crippen LogP contribution is 2.28. The van der Waals surface area contributed by atoms with Crippen LogP contribution in [0, 0.1) is 5.92 Å². The lowest BCUT2D eigenvalue weighted by molar-refractivity contribution is -0.126. The van der Waals surface area contributed by atoms with Crippen molar-refractivity contribution in [2.24, 2.45) is 5.92 Å². The summed E-state index contributed by atoms with van der Waals surface area (Å²) in [6.07, 6.45) is 6.62. The van der Waals surface area contributed by atoms with Gasteiger partial charge in [-0.1, -0.05) is 12.1 Å². The number of aromatic nitrogens is 2. The van der Waals surface area contributed by atoms with E-state index >= 15 is 0 Å². The fraction of sp³-hybridized carbons (Fsp3) is 0.440. The molecule has 9 nitrogen and oxygen atoms in total. The second-order valence-electron chi connectivity index (χ2n) is 9.22. The molecule has 2 aliphatic rings. The Kier molecular flexibility index (Phi) is 6.92. The first-order chi connectivity index (χ1) is 17.0. The smallest absolute Gasteiger partial charge is 0.276 e. The first kappa shape index (κ1) is 23.6. The average molecular weight is 498 g/mol. The Morgan fingerprint density at radius 2 is 1.83 bits per heavy atom. The summed E-state index contributed by atoms with van der Waals surface area (Å²) in [7, 11) is -3.83. The highest BCUT2D eigenvalue weighted by molar-refractivity contribution is 7.89. The topological polar surface area (TPSA) is 112 Å². The van der Waals surface area contributed by atoms with Crippen LogP contribution >= 0.6 is 0 Å². The highest BCUT2D eigenvalue weighted by atomic mass is 32.2. The van der Waals surface area contributed by atoms with Crippen LogP contribution in [-0.4, -0.2) is 55.0 Å². The van der Waals surface area contributed by atoms with Gasteiger partial charge in [-0.15, -0.1) is 0 Å². The summed E-state index contributed by atoms with van der Waals surface area (Å²) in [4.78, 5) is 15.3. The molecular formula is C25H31N5O4S. The van der Waals surface area contributed by atoms with Crippen molar-refractivity contribution in [2.75, 3.05) is 31.1 Å². The predicted octanol–water partition coefficient (Wildman–Crippen LogP) is 3.38. The van der Waals surface area contributed by atoms with E-state index in [2.05, 4.69) is 44.7 Å². The Labute approximate surface area is 205 Å². The van der Waals surface area contributed by atoms with Gasteiger partial charge >= 0.3 is 0 Å². The molecule has 0 saturated carbocycles. The van der Waals surface area contributed by atoms with Gasteiger partial charge in [0.1, 0.15) is 5.69 Å². The molecule has 35 heavy (non-hydrogen) atoms. The maximum Gasteiger partial charge on any atom is 0.276 e. The van der Waals surface area contributed by atoms with Gasteiger partial charge in [-0.2, -0.15) is 9.40 Å². The average Bonchev–Trinajstić information content (AvgIpc) is 3.61. The lowest BCUT2D eigenvalue weighted by atomic mass is 9.98. The zero-order valence-electron chi connectivity index (χ0n) is 19.7. The Balaban J connectivity index is 1.17. The number of nitrogens with zero attached hydrogens (tertiary/aromatic N) is 3. The standard InChI is InChI=1S/C25H31N5O4S/c31-25(26-17-19-6-8-21(9-7-19)29-14-2-1-3-15-29)20-5-4-16-30(18-20)35(32,33)24-11-10-23(34-24)22-12-13-27-28-22/h6-13,20H,1-5,14-18H2,(H,26,31)(H,27,28). The molecule has 0 aliphatic carbocycles. The summed E-state index contributed by atoms with van der Waals surface area (Å²) in [5.74, 6) is -0.116. The summed E-state index contributed by atoms with van der Waals surface area (Å²) in [5, 5.41) is 9.49. The van der Waals surface area contributed by atoms with E-state index in [0.717, 1.165) is 18.7 Å². The van der Waals surface area contributed by atoms with Crippen LogP contribution in [0.1, 0.15) is 37.7 Å². The second-order valence-corrected chi connectivity index (χ2v) is 11.1. The van der Waals surface area contributed by atoms with Crippen LogP contribution in [0.25, 0.3) is 11.5 Å². The molecule has 2 aliphatic heterocycles. The first-order valence-corrected chi connectivity index (χ1v) is 13.7. The van der Waals surface area contributed by atoms with Crippen molar-refractivity contribution in [2.45, 2.75) is 43.7 Å². The number of piperidine rings is 2. The van der Waals surface area contributed by atoms with Crippen molar-refractivity contribution in [1.29, 1.82) is 0 Å². The molecule has 1 atom stereocenters. The Morgan fingerprint density at radius 1 is 1.03 bits per heavy atom. The van der Waals surface area contributed by atoms with Gasteiger partial charge in [0.05, 0.1) is 5.92 Å². The molecule has 0 radical (unpaired) electrons. The number of carbonyl (C=O) groups is 1. The lowest BCUT2D eigenvalue weighted by Crippen LogP contribution is -2.45. The van der Waals surface area contributed by atoms with E-state index in [9.17, 15) is 13.2 Å². The van der Waals surface area contributed by atoms with Gasteiger partial charge in [-0.25, -0.2) is 8.42 Å². The molecule has 10 heteroatoms. The van der Waals surface area contributed by atoms with Crippen LogP contribution in [0.5, 0.6) is 0 Å². The molecule has 1 amide bonds. The second kappa shape index (κ2) is 10.2. The Bertz CT molecular complexity index is 1230. The van der Waals surface area contributed by atoms with E-state index in [-0.39, 0.29) is 17.5 Å². The number of carbonyl (C=O) groups excluding carboxylic acids is 1. The largest absolute Gasteiger partial charge is 0.442 e. The molecule has 0 spiro atoms. The van der Waals surface area contributed by atoms with E-state index in [0.29, 0.717) is 37.4 Å². The molecule has 5 rings (SSSR count). The molecule has 1 unspecified atom stereocenters. The monoisotopic (exact) mass is 497 g/mol. The molecule has 4 heterocycles. The van der Waals surface area contributed by atoms with Crippen LogP contribution in [-0.2, 0) is 21.4 Å². The number of furan rings is 1. The lowest BCUT2D eigenvalue weighted by Gasteiger charge is -2.30. The van der Waals surface area contributed by atoms with Crippen LogP contribution in [0.2, 0.25) is 0 Å². The van der Waals surface area contributed by atoms with Crippen molar-refractivity contribution in [3.8, 4) is 11.5 Å². The number of rotatable bonds is 7. The van der Waals surface area contributed by atoms with Crippen LogP contribution in [0.3, 0.4) is 0 Å². The number of nitrogens with one attached hydrogen (secondary N) is 2.